The van der Waals surface area contributed by atoms with Crippen molar-refractivity contribution in [1.29, 1.82) is 0 Å². The van der Waals surface area contributed by atoms with E-state index in [1.54, 1.807) is 36.4 Å². The molecule has 1 amide bonds. The van der Waals surface area contributed by atoms with Crippen LogP contribution in [0.1, 0.15) is 12.5 Å². The van der Waals surface area contributed by atoms with E-state index in [1.807, 2.05) is 0 Å². The minimum atomic E-state index is -3.82. The second-order valence-corrected chi connectivity index (χ2v) is 8.83. The highest BCUT2D eigenvalue weighted by Crippen LogP contribution is 2.21. The first kappa shape index (κ1) is 23.9. The van der Waals surface area contributed by atoms with Crippen molar-refractivity contribution in [1.82, 2.24) is 5.48 Å². The van der Waals surface area contributed by atoms with E-state index in [0.29, 0.717) is 11.3 Å². The molecule has 5 N–H and O–H groups in total. The molecular formula is C21H24N2O8S. The Balaban J connectivity index is 1.60. The normalized spacial score (nSPS) is 26.1. The lowest BCUT2D eigenvalue weighted by Gasteiger charge is -2.38. The number of carbonyl (C=O) groups excluding carboxylic acids is 1. The molecule has 172 valence electrons. The van der Waals surface area contributed by atoms with E-state index in [1.165, 1.54) is 31.2 Å². The van der Waals surface area contributed by atoms with E-state index in [2.05, 4.69) is 10.2 Å². The molecule has 1 fully saturated rings. The van der Waals surface area contributed by atoms with Crippen LogP contribution in [0.3, 0.4) is 0 Å². The Morgan fingerprint density at radius 3 is 2.47 bits per heavy atom. The molecular weight excluding hydrogens is 440 g/mol. The van der Waals surface area contributed by atoms with E-state index in [-0.39, 0.29) is 4.90 Å². The number of ether oxygens (including phenoxy) is 1. The molecule has 1 saturated heterocycles. The number of aliphatic hydroxyl groups excluding tert-OH is 3. The summed E-state index contributed by atoms with van der Waals surface area (Å²) < 4.78 is 32.8. The van der Waals surface area contributed by atoms with Crippen molar-refractivity contribution < 1.29 is 38.1 Å². The predicted octanol–water partition coefficient (Wildman–Crippen LogP) is 0.376. The maximum absolute atomic E-state index is 12.6. The van der Waals surface area contributed by atoms with Gasteiger partial charge in [-0.05, 0) is 42.8 Å². The summed E-state index contributed by atoms with van der Waals surface area (Å²) in [6, 6.07) is 14.4. The van der Waals surface area contributed by atoms with Gasteiger partial charge < -0.3 is 20.1 Å². The maximum Gasteiger partial charge on any atom is 0.267 e. The second-order valence-electron chi connectivity index (χ2n) is 7.14. The molecule has 11 heteroatoms. The molecule has 10 nitrogen and oxygen atoms in total. The quantitative estimate of drug-likeness (QED) is 0.291. The highest BCUT2D eigenvalue weighted by molar-refractivity contribution is 7.92. The fourth-order valence-corrected chi connectivity index (χ4v) is 4.05. The monoisotopic (exact) mass is 464 g/mol. The first-order valence-electron chi connectivity index (χ1n) is 9.68. The number of hydroxylamine groups is 1. The van der Waals surface area contributed by atoms with Gasteiger partial charge in [-0.1, -0.05) is 30.3 Å². The van der Waals surface area contributed by atoms with Crippen LogP contribution in [0.2, 0.25) is 0 Å². The van der Waals surface area contributed by atoms with Crippen LogP contribution in [-0.2, 0) is 24.4 Å². The van der Waals surface area contributed by atoms with Crippen LogP contribution in [0.25, 0.3) is 6.08 Å². The number of benzene rings is 2. The fraction of sp³-hybridized carbons (Fsp3) is 0.286. The highest BCUT2D eigenvalue weighted by Gasteiger charge is 2.42. The lowest BCUT2D eigenvalue weighted by molar-refractivity contribution is -0.305. The molecule has 0 radical (unpaired) electrons. The molecule has 0 unspecified atom stereocenters. The first-order valence-corrected chi connectivity index (χ1v) is 11.2. The van der Waals surface area contributed by atoms with Gasteiger partial charge in [0.25, 0.3) is 15.9 Å². The predicted molar refractivity (Wildman–Crippen MR) is 114 cm³/mol. The number of anilines is 1. The Hall–Kier alpha value is -2.80. The summed E-state index contributed by atoms with van der Waals surface area (Å²) in [6.45, 7) is 1.48. The van der Waals surface area contributed by atoms with Gasteiger partial charge in [0.05, 0.1) is 11.0 Å². The molecule has 0 bridgehead atoms. The molecule has 0 aromatic heterocycles. The number of carbonyl (C=O) groups is 1. The standard InChI is InChI=1S/C21H24N2O8S/c1-13-18(25)19(26)20(27)21(30-13)31-22-17(24)11-10-14-6-5-9-16(12-14)32(28,29)23-15-7-3-2-4-8-15/h2-13,18-21,23,25-27H,1H3,(H,22,24)/b11-10+/t13-,18+,19+,20-,21-/m0/s1. The number of aliphatic hydroxyl groups is 3. The topological polar surface area (TPSA) is 154 Å². The molecule has 2 aromatic rings. The zero-order chi connectivity index (χ0) is 23.3. The molecule has 3 rings (SSSR count). The van der Waals surface area contributed by atoms with E-state index < -0.39 is 46.6 Å². The fourth-order valence-electron chi connectivity index (χ4n) is 2.94. The van der Waals surface area contributed by atoms with Crippen molar-refractivity contribution in [3.63, 3.8) is 0 Å². The Kier molecular flexibility index (Phi) is 7.61. The zero-order valence-corrected chi connectivity index (χ0v) is 17.8. The third-order valence-electron chi connectivity index (χ3n) is 4.71. The van der Waals surface area contributed by atoms with Gasteiger partial charge in [-0.2, -0.15) is 0 Å². The summed E-state index contributed by atoms with van der Waals surface area (Å²) >= 11 is 0. The molecule has 5 atom stereocenters. The number of para-hydroxylation sites is 1. The smallest absolute Gasteiger partial charge is 0.267 e. The Morgan fingerprint density at radius 2 is 1.75 bits per heavy atom. The van der Waals surface area contributed by atoms with Crippen molar-refractivity contribution in [2.75, 3.05) is 4.72 Å². The number of nitrogens with one attached hydrogen (secondary N) is 2. The van der Waals surface area contributed by atoms with Crippen LogP contribution in [0.15, 0.2) is 65.6 Å². The average molecular weight is 464 g/mol. The molecule has 1 heterocycles. The van der Waals surface area contributed by atoms with Gasteiger partial charge in [0.15, 0.2) is 0 Å². The van der Waals surface area contributed by atoms with E-state index in [0.717, 1.165) is 6.08 Å². The van der Waals surface area contributed by atoms with Crippen LogP contribution < -0.4 is 10.2 Å². The van der Waals surface area contributed by atoms with Gasteiger partial charge in [0, 0.05) is 11.8 Å². The minimum Gasteiger partial charge on any atom is -0.388 e. The number of sulfonamides is 1. The average Bonchev–Trinajstić information content (AvgIpc) is 2.78. The largest absolute Gasteiger partial charge is 0.388 e. The van der Waals surface area contributed by atoms with Gasteiger partial charge in [0.1, 0.15) is 18.3 Å². The van der Waals surface area contributed by atoms with Crippen LogP contribution >= 0.6 is 0 Å². The van der Waals surface area contributed by atoms with E-state index in [4.69, 9.17) is 9.57 Å². The van der Waals surface area contributed by atoms with Crippen LogP contribution in [0.5, 0.6) is 0 Å². The number of rotatable bonds is 7. The molecule has 2 aromatic carbocycles. The minimum absolute atomic E-state index is 0.0143. The third-order valence-corrected chi connectivity index (χ3v) is 6.08. The van der Waals surface area contributed by atoms with Crippen molar-refractivity contribution >= 4 is 27.7 Å². The molecule has 1 aliphatic heterocycles. The number of hydrogen-bond donors (Lipinski definition) is 5. The van der Waals surface area contributed by atoms with Crippen molar-refractivity contribution in [3.05, 3.63) is 66.2 Å². The molecule has 0 aliphatic carbocycles. The second kappa shape index (κ2) is 10.2. The van der Waals surface area contributed by atoms with Crippen LogP contribution in [0, 0.1) is 0 Å². The molecule has 32 heavy (non-hydrogen) atoms. The van der Waals surface area contributed by atoms with Gasteiger partial charge in [-0.3, -0.25) is 9.52 Å². The first-order chi connectivity index (χ1) is 15.2. The molecule has 0 spiro atoms. The van der Waals surface area contributed by atoms with Gasteiger partial charge in [-0.15, -0.1) is 0 Å². The Morgan fingerprint density at radius 1 is 1.03 bits per heavy atom. The van der Waals surface area contributed by atoms with Crippen LogP contribution in [0.4, 0.5) is 5.69 Å². The van der Waals surface area contributed by atoms with Crippen molar-refractivity contribution in [2.24, 2.45) is 0 Å². The Bertz CT molecular complexity index is 1060. The van der Waals surface area contributed by atoms with Crippen molar-refractivity contribution in [3.8, 4) is 0 Å². The van der Waals surface area contributed by atoms with Gasteiger partial charge in [-0.25, -0.2) is 18.7 Å². The summed E-state index contributed by atoms with van der Waals surface area (Å²) in [7, 11) is -3.82. The summed E-state index contributed by atoms with van der Waals surface area (Å²) in [5.41, 5.74) is 2.91. The lowest BCUT2D eigenvalue weighted by atomic mass is 10.0. The van der Waals surface area contributed by atoms with Gasteiger partial charge in [0.2, 0.25) is 6.29 Å². The summed E-state index contributed by atoms with van der Waals surface area (Å²) in [4.78, 5) is 17.0. The Labute approximate surface area is 185 Å². The van der Waals surface area contributed by atoms with Crippen LogP contribution in [-0.4, -0.2) is 60.4 Å². The number of amides is 1. The number of hydrogen-bond acceptors (Lipinski definition) is 8. The highest BCUT2D eigenvalue weighted by atomic mass is 32.2. The van der Waals surface area contributed by atoms with E-state index >= 15 is 0 Å². The lowest BCUT2D eigenvalue weighted by Crippen LogP contribution is -2.58. The van der Waals surface area contributed by atoms with E-state index in [9.17, 15) is 28.5 Å². The summed E-state index contributed by atoms with van der Waals surface area (Å²) in [6.07, 6.45) is -4.08. The summed E-state index contributed by atoms with van der Waals surface area (Å²) in [5.74, 6) is -0.718. The van der Waals surface area contributed by atoms with Gasteiger partial charge >= 0.3 is 0 Å². The molecule has 1 aliphatic rings. The zero-order valence-electron chi connectivity index (χ0n) is 17.0. The van der Waals surface area contributed by atoms with Crippen molar-refractivity contribution in [2.45, 2.75) is 42.5 Å². The third kappa shape index (κ3) is 5.91. The SMILES string of the molecule is C[C@@H]1O[C@@H](ONC(=O)/C=C/c2cccc(S(=O)(=O)Nc3ccccc3)c2)[C@@H](O)[C@H](O)[C@@H]1O. The maximum atomic E-state index is 12.6. The summed E-state index contributed by atoms with van der Waals surface area (Å²) in [5, 5.41) is 29.3. The molecule has 0 saturated carbocycles.